The minimum absolute atomic E-state index is 0.00486. The van der Waals surface area contributed by atoms with Gasteiger partial charge in [0.15, 0.2) is 29.5 Å². The van der Waals surface area contributed by atoms with Crippen molar-refractivity contribution in [2.45, 2.75) is 32.7 Å². The number of rotatable bonds is 5. The summed E-state index contributed by atoms with van der Waals surface area (Å²) in [5.74, 6) is 0.710. The van der Waals surface area contributed by atoms with E-state index < -0.39 is 11.9 Å². The predicted octanol–water partition coefficient (Wildman–Crippen LogP) is 3.34. The van der Waals surface area contributed by atoms with Crippen LogP contribution < -0.4 is 18.9 Å². The molecular weight excluding hydrogens is 424 g/mol. The minimum Gasteiger partial charge on any atom is -0.493 e. The molecule has 0 amide bonds. The number of carbonyl (C=O) groups is 2. The number of esters is 2. The van der Waals surface area contributed by atoms with E-state index in [2.05, 4.69) is 13.1 Å². The number of benzene rings is 2. The summed E-state index contributed by atoms with van der Waals surface area (Å²) < 4.78 is 22.8. The van der Waals surface area contributed by atoms with Gasteiger partial charge >= 0.3 is 11.9 Å². The fraction of sp³-hybridized carbons (Fsp3) is 0.400. The van der Waals surface area contributed by atoms with Crippen molar-refractivity contribution >= 4 is 11.9 Å². The van der Waals surface area contributed by atoms with Crippen LogP contribution in [0.1, 0.15) is 36.6 Å². The number of methoxy groups -OCH3 is 2. The van der Waals surface area contributed by atoms with Crippen molar-refractivity contribution in [1.82, 2.24) is 0 Å². The van der Waals surface area contributed by atoms with E-state index in [1.165, 1.54) is 21.0 Å². The minimum atomic E-state index is -0.441. The van der Waals surface area contributed by atoms with E-state index in [1.807, 2.05) is 18.2 Å². The Morgan fingerprint density at radius 2 is 1.70 bits per heavy atom. The lowest BCUT2D eigenvalue weighted by Gasteiger charge is -2.47. The van der Waals surface area contributed by atoms with Gasteiger partial charge in [0.1, 0.15) is 12.1 Å². The maximum absolute atomic E-state index is 11.8. The molecule has 0 N–H and O–H groups in total. The summed E-state index contributed by atoms with van der Waals surface area (Å²) in [7, 11) is 5.16. The van der Waals surface area contributed by atoms with Crippen LogP contribution in [0.15, 0.2) is 18.2 Å². The third kappa shape index (κ3) is 3.79. The van der Waals surface area contributed by atoms with Crippen LogP contribution in [-0.4, -0.2) is 50.8 Å². The quantitative estimate of drug-likeness (QED) is 0.298. The molecule has 172 valence electrons. The highest BCUT2D eigenvalue weighted by atomic mass is 16.6. The maximum atomic E-state index is 11.8. The van der Waals surface area contributed by atoms with Crippen molar-refractivity contribution < 1.29 is 33.0 Å². The van der Waals surface area contributed by atoms with Gasteiger partial charge in [0.05, 0.1) is 27.8 Å². The molecule has 1 aliphatic carbocycles. The van der Waals surface area contributed by atoms with Crippen molar-refractivity contribution in [3.05, 3.63) is 34.9 Å². The smallest absolute Gasteiger partial charge is 0.308 e. The standard InChI is InChI=1S/C25H27N2O6/c1-14(28)32-21-12-17-10-19-23-16(6-8-27(19,3)9-7-26)11-22(33-15(2)29)25(31-5)24(23)18(17)13-20(21)30-4/h11-13,19H,6,8-10H2,1-5H3/q+1/t19-,27?/m0/s1. The molecule has 2 aromatic rings. The monoisotopic (exact) mass is 451 g/mol. The average Bonchev–Trinajstić information content (AvgIpc) is 2.75. The van der Waals surface area contributed by atoms with Crippen LogP contribution in [0.3, 0.4) is 0 Å². The Morgan fingerprint density at radius 1 is 1.03 bits per heavy atom. The van der Waals surface area contributed by atoms with E-state index in [-0.39, 0.29) is 6.04 Å². The molecule has 1 unspecified atom stereocenters. The van der Waals surface area contributed by atoms with Gasteiger partial charge in [0.25, 0.3) is 0 Å². The molecule has 0 saturated heterocycles. The van der Waals surface area contributed by atoms with E-state index >= 15 is 0 Å². The SMILES string of the molecule is COc1cc2c(cc1OC(C)=O)C[C@H]1c3c(cc(OC(C)=O)c(OC)c3-2)CC[N+]1(C)CC#N. The Morgan fingerprint density at radius 3 is 2.30 bits per heavy atom. The second-order valence-corrected chi connectivity index (χ2v) is 8.69. The van der Waals surface area contributed by atoms with Gasteiger partial charge in [0.2, 0.25) is 0 Å². The highest BCUT2D eigenvalue weighted by Gasteiger charge is 2.45. The average molecular weight is 451 g/mol. The largest absolute Gasteiger partial charge is 0.493 e. The fourth-order valence-corrected chi connectivity index (χ4v) is 5.12. The first-order valence-corrected chi connectivity index (χ1v) is 10.8. The number of hydrogen-bond acceptors (Lipinski definition) is 7. The van der Waals surface area contributed by atoms with Crippen molar-refractivity contribution in [3.8, 4) is 40.2 Å². The van der Waals surface area contributed by atoms with Gasteiger partial charge in [-0.1, -0.05) is 0 Å². The fourth-order valence-electron chi connectivity index (χ4n) is 5.12. The number of nitrogens with zero attached hydrogens (tertiary/aromatic N) is 2. The topological polar surface area (TPSA) is 94.8 Å². The number of hydrogen-bond donors (Lipinski definition) is 0. The van der Waals surface area contributed by atoms with Gasteiger partial charge in [-0.3, -0.25) is 9.59 Å². The predicted molar refractivity (Wildman–Crippen MR) is 119 cm³/mol. The third-order valence-electron chi connectivity index (χ3n) is 6.56. The van der Waals surface area contributed by atoms with Crippen LogP contribution in [0.5, 0.6) is 23.0 Å². The molecule has 8 nitrogen and oxygen atoms in total. The highest BCUT2D eigenvalue weighted by Crippen LogP contribution is 2.55. The van der Waals surface area contributed by atoms with Crippen LogP contribution in [0.2, 0.25) is 0 Å². The lowest BCUT2D eigenvalue weighted by atomic mass is 9.75. The molecule has 2 atom stereocenters. The number of carbonyl (C=O) groups excluding carboxylic acids is 2. The zero-order chi connectivity index (χ0) is 23.9. The van der Waals surface area contributed by atoms with Gasteiger partial charge in [-0.05, 0) is 34.9 Å². The van der Waals surface area contributed by atoms with Crippen LogP contribution in [0.25, 0.3) is 11.1 Å². The summed E-state index contributed by atoms with van der Waals surface area (Å²) >= 11 is 0. The second kappa shape index (κ2) is 8.41. The molecule has 33 heavy (non-hydrogen) atoms. The molecule has 0 aromatic heterocycles. The number of likely N-dealkylation sites (N-methyl/N-ethyl adjacent to an activating group) is 1. The van der Waals surface area contributed by atoms with Gasteiger partial charge in [-0.2, -0.15) is 5.26 Å². The Hall–Kier alpha value is -3.57. The number of quaternary nitrogens is 1. The Bertz CT molecular complexity index is 1200. The van der Waals surface area contributed by atoms with Crippen molar-refractivity contribution in [3.63, 3.8) is 0 Å². The molecule has 2 aromatic carbocycles. The molecule has 8 heteroatoms. The maximum Gasteiger partial charge on any atom is 0.308 e. The summed E-state index contributed by atoms with van der Waals surface area (Å²) in [4.78, 5) is 23.5. The highest BCUT2D eigenvalue weighted by molar-refractivity contribution is 5.86. The molecule has 1 heterocycles. The summed E-state index contributed by atoms with van der Waals surface area (Å²) in [6.45, 7) is 3.84. The first-order chi connectivity index (χ1) is 15.7. The summed E-state index contributed by atoms with van der Waals surface area (Å²) in [6, 6.07) is 7.88. The van der Waals surface area contributed by atoms with Crippen LogP contribution in [-0.2, 0) is 22.4 Å². The Balaban J connectivity index is 2.05. The molecule has 0 fully saturated rings. The first-order valence-electron chi connectivity index (χ1n) is 10.8. The van der Waals surface area contributed by atoms with Crippen molar-refractivity contribution in [2.24, 2.45) is 0 Å². The molecule has 0 spiro atoms. The summed E-state index contributed by atoms with van der Waals surface area (Å²) in [5, 5.41) is 9.56. The second-order valence-electron chi connectivity index (χ2n) is 8.69. The Kier molecular flexibility index (Phi) is 5.76. The zero-order valence-electron chi connectivity index (χ0n) is 19.5. The summed E-state index contributed by atoms with van der Waals surface area (Å²) in [6.07, 6.45) is 1.40. The number of fused-ring (bicyclic) bond motifs is 2. The van der Waals surface area contributed by atoms with Crippen LogP contribution in [0, 0.1) is 11.3 Å². The molecule has 4 rings (SSSR count). The number of ether oxygens (including phenoxy) is 4. The lowest BCUT2D eigenvalue weighted by Crippen LogP contribution is -2.53. The van der Waals surface area contributed by atoms with Gasteiger partial charge in [-0.15, -0.1) is 0 Å². The number of nitriles is 1. The van der Waals surface area contributed by atoms with E-state index in [1.54, 1.807) is 7.11 Å². The normalized spacial score (nSPS) is 20.1. The van der Waals surface area contributed by atoms with E-state index in [0.717, 1.165) is 40.8 Å². The van der Waals surface area contributed by atoms with E-state index in [9.17, 15) is 14.9 Å². The lowest BCUT2D eigenvalue weighted by molar-refractivity contribution is -0.935. The van der Waals surface area contributed by atoms with Gasteiger partial charge in [-0.25, -0.2) is 0 Å². The molecule has 0 radical (unpaired) electrons. The third-order valence-corrected chi connectivity index (χ3v) is 6.56. The Labute approximate surface area is 192 Å². The van der Waals surface area contributed by atoms with Crippen LogP contribution >= 0.6 is 0 Å². The molecule has 0 saturated carbocycles. The van der Waals surface area contributed by atoms with E-state index in [0.29, 0.717) is 40.4 Å². The van der Waals surface area contributed by atoms with Crippen molar-refractivity contribution in [2.75, 3.05) is 34.4 Å². The van der Waals surface area contributed by atoms with Crippen LogP contribution in [0.4, 0.5) is 0 Å². The molecule has 0 bridgehead atoms. The summed E-state index contributed by atoms with van der Waals surface area (Å²) in [5.41, 5.74) is 4.81. The van der Waals surface area contributed by atoms with Gasteiger partial charge in [0, 0.05) is 37.8 Å². The van der Waals surface area contributed by atoms with Gasteiger partial charge < -0.3 is 23.4 Å². The molecule has 2 aliphatic rings. The zero-order valence-corrected chi connectivity index (χ0v) is 19.5. The molecule has 1 aliphatic heterocycles. The first kappa shape index (κ1) is 22.6. The van der Waals surface area contributed by atoms with Crippen molar-refractivity contribution in [1.29, 1.82) is 5.26 Å². The molecular formula is C25H27N2O6+. The van der Waals surface area contributed by atoms with E-state index in [4.69, 9.17) is 18.9 Å².